The van der Waals surface area contributed by atoms with Crippen molar-refractivity contribution < 1.29 is 9.59 Å². The van der Waals surface area contributed by atoms with E-state index in [1.165, 1.54) is 4.90 Å². The second kappa shape index (κ2) is 3.53. The van der Waals surface area contributed by atoms with Gasteiger partial charge in [0.2, 0.25) is 5.91 Å². The molecule has 3 amide bonds. The molecule has 0 aromatic heterocycles. The minimum atomic E-state index is -0.290. The molecule has 12 heavy (non-hydrogen) atoms. The van der Waals surface area contributed by atoms with Gasteiger partial charge in [-0.25, -0.2) is 4.79 Å². The van der Waals surface area contributed by atoms with E-state index >= 15 is 0 Å². The molecule has 2 N–H and O–H groups in total. The van der Waals surface area contributed by atoms with Gasteiger partial charge in [-0.05, 0) is 14.0 Å². The molecule has 1 atom stereocenters. The molecule has 1 aliphatic heterocycles. The number of carbonyl (C=O) groups is 2. The molecular weight excluding hydrogens is 158 g/mol. The van der Waals surface area contributed by atoms with E-state index in [1.54, 1.807) is 0 Å². The smallest absolute Gasteiger partial charge is 0.316 e. The number of amides is 3. The zero-order chi connectivity index (χ0) is 9.14. The minimum absolute atomic E-state index is 0.185. The lowest BCUT2D eigenvalue weighted by Gasteiger charge is -2.17. The van der Waals surface area contributed by atoms with Crippen LogP contribution in [-0.4, -0.2) is 43.0 Å². The summed E-state index contributed by atoms with van der Waals surface area (Å²) in [6.07, 6.45) is 0. The van der Waals surface area contributed by atoms with E-state index in [1.807, 2.05) is 14.0 Å². The summed E-state index contributed by atoms with van der Waals surface area (Å²) in [5.41, 5.74) is 0. The fraction of sp³-hybridized carbons (Fsp3) is 0.714. The lowest BCUT2D eigenvalue weighted by molar-refractivity contribution is -0.118. The van der Waals surface area contributed by atoms with Crippen LogP contribution in [0, 0.1) is 0 Å². The molecule has 1 rings (SSSR count). The standard InChI is InChI=1S/C7H13N3O2/c1-5(8-2)3-10-4-6(11)9-7(10)12/h5,8H,3-4H2,1-2H3,(H,9,11,12). The molecule has 0 aromatic rings. The van der Waals surface area contributed by atoms with Crippen LogP contribution in [0.3, 0.4) is 0 Å². The van der Waals surface area contributed by atoms with E-state index in [-0.39, 0.29) is 24.5 Å². The van der Waals surface area contributed by atoms with Gasteiger partial charge in [-0.2, -0.15) is 0 Å². The highest BCUT2D eigenvalue weighted by Gasteiger charge is 2.26. The minimum Gasteiger partial charge on any atom is -0.316 e. The molecule has 0 aromatic carbocycles. The van der Waals surface area contributed by atoms with Crippen molar-refractivity contribution in [1.29, 1.82) is 0 Å². The van der Waals surface area contributed by atoms with Crippen LogP contribution in [0.15, 0.2) is 0 Å². The van der Waals surface area contributed by atoms with Crippen molar-refractivity contribution in [3.63, 3.8) is 0 Å². The Morgan fingerprint density at radius 2 is 2.33 bits per heavy atom. The summed E-state index contributed by atoms with van der Waals surface area (Å²) >= 11 is 0. The first-order valence-corrected chi connectivity index (χ1v) is 3.89. The van der Waals surface area contributed by atoms with Gasteiger partial charge in [0.15, 0.2) is 0 Å². The van der Waals surface area contributed by atoms with Gasteiger partial charge >= 0.3 is 6.03 Å². The lowest BCUT2D eigenvalue weighted by Crippen LogP contribution is -2.39. The van der Waals surface area contributed by atoms with Crippen LogP contribution >= 0.6 is 0 Å². The van der Waals surface area contributed by atoms with Crippen LogP contribution in [0.1, 0.15) is 6.92 Å². The summed E-state index contributed by atoms with van der Waals surface area (Å²) in [6, 6.07) is -0.0799. The Balaban J connectivity index is 2.43. The monoisotopic (exact) mass is 171 g/mol. The Hall–Kier alpha value is -1.10. The molecule has 1 saturated heterocycles. The Bertz CT molecular complexity index is 205. The van der Waals surface area contributed by atoms with Crippen LogP contribution < -0.4 is 10.6 Å². The number of carbonyl (C=O) groups excluding carboxylic acids is 2. The fourth-order valence-corrected chi connectivity index (χ4v) is 1.05. The summed E-state index contributed by atoms with van der Waals surface area (Å²) in [5, 5.41) is 5.21. The Morgan fingerprint density at radius 1 is 1.67 bits per heavy atom. The van der Waals surface area contributed by atoms with E-state index < -0.39 is 0 Å². The maximum atomic E-state index is 11.0. The first-order valence-electron chi connectivity index (χ1n) is 3.89. The highest BCUT2D eigenvalue weighted by molar-refractivity contribution is 6.01. The van der Waals surface area contributed by atoms with Crippen LogP contribution in [-0.2, 0) is 4.79 Å². The second-order valence-corrected chi connectivity index (χ2v) is 2.92. The van der Waals surface area contributed by atoms with E-state index in [0.29, 0.717) is 6.54 Å². The number of nitrogens with zero attached hydrogens (tertiary/aromatic N) is 1. The maximum absolute atomic E-state index is 11.0. The van der Waals surface area contributed by atoms with Crippen LogP contribution in [0.5, 0.6) is 0 Å². The zero-order valence-electron chi connectivity index (χ0n) is 7.26. The summed E-state index contributed by atoms with van der Waals surface area (Å²) in [6.45, 7) is 2.70. The topological polar surface area (TPSA) is 61.4 Å². The van der Waals surface area contributed by atoms with Crippen molar-refractivity contribution in [2.24, 2.45) is 0 Å². The Kier molecular flexibility index (Phi) is 2.65. The molecule has 1 heterocycles. The summed E-state index contributed by atoms with van der Waals surface area (Å²) in [4.78, 5) is 23.2. The average Bonchev–Trinajstić information content (AvgIpc) is 2.30. The third-order valence-electron chi connectivity index (χ3n) is 1.86. The van der Waals surface area contributed by atoms with Gasteiger partial charge in [-0.15, -0.1) is 0 Å². The lowest BCUT2D eigenvalue weighted by atomic mass is 10.3. The first kappa shape index (κ1) is 8.99. The predicted molar refractivity (Wildman–Crippen MR) is 43.6 cm³/mol. The van der Waals surface area contributed by atoms with Crippen LogP contribution in [0.25, 0.3) is 0 Å². The largest absolute Gasteiger partial charge is 0.324 e. The molecule has 5 heteroatoms. The van der Waals surface area contributed by atoms with Crippen LogP contribution in [0.2, 0.25) is 0 Å². The number of likely N-dealkylation sites (N-methyl/N-ethyl adjacent to an activating group) is 1. The number of rotatable bonds is 3. The van der Waals surface area contributed by atoms with E-state index in [2.05, 4.69) is 10.6 Å². The van der Waals surface area contributed by atoms with Gasteiger partial charge < -0.3 is 10.2 Å². The summed E-state index contributed by atoms with van der Waals surface area (Å²) < 4.78 is 0. The number of imide groups is 1. The maximum Gasteiger partial charge on any atom is 0.324 e. The molecule has 0 saturated carbocycles. The first-order chi connectivity index (χ1) is 5.63. The van der Waals surface area contributed by atoms with Crippen molar-refractivity contribution in [3.05, 3.63) is 0 Å². The molecule has 1 unspecified atom stereocenters. The summed E-state index contributed by atoms with van der Waals surface area (Å²) in [7, 11) is 1.82. The number of nitrogens with one attached hydrogen (secondary N) is 2. The highest BCUT2D eigenvalue weighted by Crippen LogP contribution is 1.98. The molecule has 1 aliphatic rings. The summed E-state index contributed by atoms with van der Waals surface area (Å²) in [5.74, 6) is -0.219. The number of urea groups is 1. The van der Waals surface area contributed by atoms with E-state index in [9.17, 15) is 9.59 Å². The van der Waals surface area contributed by atoms with Crippen molar-refractivity contribution in [2.45, 2.75) is 13.0 Å². The van der Waals surface area contributed by atoms with E-state index in [0.717, 1.165) is 0 Å². The number of hydrogen-bond donors (Lipinski definition) is 2. The van der Waals surface area contributed by atoms with Gasteiger partial charge in [0.05, 0.1) is 0 Å². The van der Waals surface area contributed by atoms with Crippen molar-refractivity contribution in [1.82, 2.24) is 15.5 Å². The third-order valence-corrected chi connectivity index (χ3v) is 1.86. The molecule has 0 radical (unpaired) electrons. The van der Waals surface area contributed by atoms with Crippen LogP contribution in [0.4, 0.5) is 4.79 Å². The zero-order valence-corrected chi connectivity index (χ0v) is 7.26. The molecule has 0 spiro atoms. The van der Waals surface area contributed by atoms with Crippen molar-refractivity contribution in [3.8, 4) is 0 Å². The molecule has 0 aliphatic carbocycles. The highest BCUT2D eigenvalue weighted by atomic mass is 16.2. The van der Waals surface area contributed by atoms with Gasteiger partial charge in [-0.1, -0.05) is 0 Å². The van der Waals surface area contributed by atoms with Gasteiger partial charge in [0.1, 0.15) is 6.54 Å². The van der Waals surface area contributed by atoms with Gasteiger partial charge in [0, 0.05) is 12.6 Å². The van der Waals surface area contributed by atoms with E-state index in [4.69, 9.17) is 0 Å². The Morgan fingerprint density at radius 3 is 2.75 bits per heavy atom. The Labute approximate surface area is 71.1 Å². The molecule has 1 fully saturated rings. The second-order valence-electron chi connectivity index (χ2n) is 2.92. The average molecular weight is 171 g/mol. The molecular formula is C7H13N3O2. The fourth-order valence-electron chi connectivity index (χ4n) is 1.05. The third kappa shape index (κ3) is 1.94. The van der Waals surface area contributed by atoms with Gasteiger partial charge in [0.25, 0.3) is 0 Å². The van der Waals surface area contributed by atoms with Crippen molar-refractivity contribution in [2.75, 3.05) is 20.1 Å². The predicted octanol–water partition coefficient (Wildman–Crippen LogP) is -0.854. The molecule has 0 bridgehead atoms. The quantitative estimate of drug-likeness (QED) is 0.543. The normalized spacial score (nSPS) is 19.7. The molecule has 68 valence electrons. The van der Waals surface area contributed by atoms with Crippen molar-refractivity contribution >= 4 is 11.9 Å². The molecule has 5 nitrogen and oxygen atoms in total. The van der Waals surface area contributed by atoms with Gasteiger partial charge in [-0.3, -0.25) is 10.1 Å². The SMILES string of the molecule is CNC(C)CN1CC(=O)NC1=O. The number of hydrogen-bond acceptors (Lipinski definition) is 3.